The molecule has 132 valence electrons. The van der Waals surface area contributed by atoms with Gasteiger partial charge in [0.25, 0.3) is 0 Å². The molecule has 1 unspecified atom stereocenters. The Kier molecular flexibility index (Phi) is 4.28. The van der Waals surface area contributed by atoms with Crippen molar-refractivity contribution in [2.75, 3.05) is 31.1 Å². The van der Waals surface area contributed by atoms with Crippen LogP contribution in [0.4, 0.5) is 5.69 Å². The Hall–Kier alpha value is -1.87. The second-order valence-electron chi connectivity index (χ2n) is 8.29. The van der Waals surface area contributed by atoms with E-state index in [1.165, 1.54) is 40.8 Å². The minimum Gasteiger partial charge on any atom is -0.368 e. The fraction of sp³-hybridized carbons (Fsp3) is 0.500. The quantitative estimate of drug-likeness (QED) is 0.885. The predicted octanol–water partition coefficient (Wildman–Crippen LogP) is 4.33. The highest BCUT2D eigenvalue weighted by atomic mass is 15.2. The highest BCUT2D eigenvalue weighted by molar-refractivity contribution is 5.69. The number of nitrogens with one attached hydrogen (secondary N) is 1. The number of nitrogens with zero attached hydrogens (tertiary/aromatic N) is 2. The van der Waals surface area contributed by atoms with Crippen LogP contribution in [-0.2, 0) is 5.41 Å². The van der Waals surface area contributed by atoms with E-state index in [0.717, 1.165) is 26.2 Å². The van der Waals surface area contributed by atoms with E-state index < -0.39 is 0 Å². The molecule has 2 aliphatic rings. The van der Waals surface area contributed by atoms with Crippen LogP contribution in [0.15, 0.2) is 36.7 Å². The van der Waals surface area contributed by atoms with Crippen molar-refractivity contribution in [2.45, 2.75) is 44.9 Å². The average Bonchev–Trinajstić information content (AvgIpc) is 2.66. The van der Waals surface area contributed by atoms with Crippen molar-refractivity contribution in [3.63, 3.8) is 0 Å². The first-order chi connectivity index (χ1) is 12.0. The van der Waals surface area contributed by atoms with Gasteiger partial charge in [-0.3, -0.25) is 4.98 Å². The van der Waals surface area contributed by atoms with E-state index in [1.807, 2.05) is 12.4 Å². The average molecular weight is 335 g/mol. The molecule has 1 aliphatic carbocycles. The van der Waals surface area contributed by atoms with Crippen LogP contribution >= 0.6 is 0 Å². The summed E-state index contributed by atoms with van der Waals surface area (Å²) in [6.07, 6.45) is 6.56. The molecule has 1 atom stereocenters. The molecule has 4 rings (SSSR count). The standard InChI is InChI=1S/C22H29N3/c1-16-6-7-22(2,3)21-13-17(4-5-20(16)21)18-12-19(15-24-14-18)25-10-8-23-9-11-25/h4-5,12-16,23H,6-11H2,1-3H3. The number of pyridine rings is 1. The number of hydrogen-bond acceptors (Lipinski definition) is 3. The summed E-state index contributed by atoms with van der Waals surface area (Å²) in [5, 5.41) is 3.42. The molecule has 0 saturated carbocycles. The summed E-state index contributed by atoms with van der Waals surface area (Å²) >= 11 is 0. The van der Waals surface area contributed by atoms with Gasteiger partial charge in [-0.05, 0) is 46.9 Å². The summed E-state index contributed by atoms with van der Waals surface area (Å²) in [5.41, 5.74) is 7.09. The van der Waals surface area contributed by atoms with Crippen molar-refractivity contribution in [1.82, 2.24) is 10.3 Å². The van der Waals surface area contributed by atoms with Crippen molar-refractivity contribution in [3.05, 3.63) is 47.8 Å². The van der Waals surface area contributed by atoms with Crippen molar-refractivity contribution in [1.29, 1.82) is 0 Å². The van der Waals surface area contributed by atoms with E-state index in [2.05, 4.69) is 60.2 Å². The number of rotatable bonds is 2. The maximum atomic E-state index is 4.54. The molecule has 1 saturated heterocycles. The lowest BCUT2D eigenvalue weighted by molar-refractivity contribution is 0.402. The molecule has 0 radical (unpaired) electrons. The van der Waals surface area contributed by atoms with Gasteiger partial charge >= 0.3 is 0 Å². The number of hydrogen-bond donors (Lipinski definition) is 1. The molecule has 1 aliphatic heterocycles. The minimum absolute atomic E-state index is 0.265. The Balaban J connectivity index is 1.71. The number of benzene rings is 1. The van der Waals surface area contributed by atoms with E-state index in [-0.39, 0.29) is 5.41 Å². The fourth-order valence-electron chi connectivity index (χ4n) is 4.30. The molecule has 3 heteroatoms. The zero-order chi connectivity index (χ0) is 17.4. The summed E-state index contributed by atoms with van der Waals surface area (Å²) in [5.74, 6) is 0.669. The molecule has 1 aromatic carbocycles. The Morgan fingerprint density at radius 3 is 2.68 bits per heavy atom. The van der Waals surface area contributed by atoms with Crippen molar-refractivity contribution in [3.8, 4) is 11.1 Å². The van der Waals surface area contributed by atoms with Crippen LogP contribution in [0.5, 0.6) is 0 Å². The van der Waals surface area contributed by atoms with Crippen molar-refractivity contribution in [2.24, 2.45) is 0 Å². The van der Waals surface area contributed by atoms with Gasteiger partial charge in [-0.2, -0.15) is 0 Å². The highest BCUT2D eigenvalue weighted by Gasteiger charge is 2.31. The molecule has 2 aromatic rings. The highest BCUT2D eigenvalue weighted by Crippen LogP contribution is 2.43. The zero-order valence-electron chi connectivity index (χ0n) is 15.7. The van der Waals surface area contributed by atoms with Gasteiger partial charge in [0.15, 0.2) is 0 Å². The number of piperazine rings is 1. The molecule has 1 N–H and O–H groups in total. The van der Waals surface area contributed by atoms with Crippen molar-refractivity contribution < 1.29 is 0 Å². The van der Waals surface area contributed by atoms with E-state index in [9.17, 15) is 0 Å². The van der Waals surface area contributed by atoms with Crippen LogP contribution < -0.4 is 10.2 Å². The van der Waals surface area contributed by atoms with Gasteiger partial charge < -0.3 is 10.2 Å². The number of anilines is 1. The van der Waals surface area contributed by atoms with Gasteiger partial charge in [-0.1, -0.05) is 39.0 Å². The van der Waals surface area contributed by atoms with Crippen molar-refractivity contribution >= 4 is 5.69 Å². The normalized spacial score (nSPS) is 22.5. The summed E-state index contributed by atoms with van der Waals surface area (Å²) in [4.78, 5) is 6.97. The molecule has 0 amide bonds. The fourth-order valence-corrected chi connectivity index (χ4v) is 4.30. The first-order valence-corrected chi connectivity index (χ1v) is 9.60. The summed E-state index contributed by atoms with van der Waals surface area (Å²) in [7, 11) is 0. The Morgan fingerprint density at radius 2 is 1.88 bits per heavy atom. The first kappa shape index (κ1) is 16.6. The predicted molar refractivity (Wildman–Crippen MR) is 105 cm³/mol. The van der Waals surface area contributed by atoms with Crippen LogP contribution in [0.1, 0.15) is 50.7 Å². The van der Waals surface area contributed by atoms with E-state index in [1.54, 1.807) is 0 Å². The minimum atomic E-state index is 0.265. The molecule has 2 heterocycles. The Bertz CT molecular complexity index is 760. The van der Waals surface area contributed by atoms with Gasteiger partial charge in [-0.25, -0.2) is 0 Å². The molecule has 0 spiro atoms. The number of fused-ring (bicyclic) bond motifs is 1. The first-order valence-electron chi connectivity index (χ1n) is 9.60. The molecule has 0 bridgehead atoms. The lowest BCUT2D eigenvalue weighted by Crippen LogP contribution is -2.43. The third kappa shape index (κ3) is 3.18. The molecule has 25 heavy (non-hydrogen) atoms. The third-order valence-corrected chi connectivity index (χ3v) is 6.05. The monoisotopic (exact) mass is 335 g/mol. The van der Waals surface area contributed by atoms with Gasteiger partial charge in [0.2, 0.25) is 0 Å². The number of aromatic nitrogens is 1. The maximum absolute atomic E-state index is 4.54. The largest absolute Gasteiger partial charge is 0.368 e. The zero-order valence-corrected chi connectivity index (χ0v) is 15.7. The molecule has 1 fully saturated rings. The molecular weight excluding hydrogens is 306 g/mol. The lowest BCUT2D eigenvalue weighted by Gasteiger charge is -2.36. The topological polar surface area (TPSA) is 28.2 Å². The van der Waals surface area contributed by atoms with Crippen LogP contribution in [0.25, 0.3) is 11.1 Å². The van der Waals surface area contributed by atoms with Crippen LogP contribution in [0, 0.1) is 0 Å². The second-order valence-corrected chi connectivity index (χ2v) is 8.29. The van der Waals surface area contributed by atoms with Gasteiger partial charge in [0.05, 0.1) is 11.9 Å². The van der Waals surface area contributed by atoms with Gasteiger partial charge in [-0.15, -0.1) is 0 Å². The summed E-state index contributed by atoms with van der Waals surface area (Å²) in [6, 6.07) is 9.37. The smallest absolute Gasteiger partial charge is 0.0559 e. The molecule has 1 aromatic heterocycles. The SMILES string of the molecule is CC1CCC(C)(C)c2cc(-c3cncc(N4CCNCC4)c3)ccc21. The lowest BCUT2D eigenvalue weighted by atomic mass is 9.69. The summed E-state index contributed by atoms with van der Waals surface area (Å²) in [6.45, 7) is 11.3. The van der Waals surface area contributed by atoms with Crippen LogP contribution in [-0.4, -0.2) is 31.2 Å². The van der Waals surface area contributed by atoms with Crippen LogP contribution in [0.3, 0.4) is 0 Å². The maximum Gasteiger partial charge on any atom is 0.0559 e. The third-order valence-electron chi connectivity index (χ3n) is 6.05. The Morgan fingerprint density at radius 1 is 1.08 bits per heavy atom. The summed E-state index contributed by atoms with van der Waals surface area (Å²) < 4.78 is 0. The van der Waals surface area contributed by atoms with E-state index >= 15 is 0 Å². The molecular formula is C22H29N3. The van der Waals surface area contributed by atoms with Gasteiger partial charge in [0.1, 0.15) is 0 Å². The molecule has 3 nitrogen and oxygen atoms in total. The Labute approximate surface area is 151 Å². The van der Waals surface area contributed by atoms with Gasteiger partial charge in [0, 0.05) is 37.9 Å². The van der Waals surface area contributed by atoms with Crippen LogP contribution in [0.2, 0.25) is 0 Å². The van der Waals surface area contributed by atoms with E-state index in [4.69, 9.17) is 0 Å². The van der Waals surface area contributed by atoms with E-state index in [0.29, 0.717) is 5.92 Å². The second kappa shape index (κ2) is 6.45.